The van der Waals surface area contributed by atoms with Crippen molar-refractivity contribution in [1.82, 2.24) is 15.1 Å². The molecule has 3 atom stereocenters. The molecule has 35 heavy (non-hydrogen) atoms. The Labute approximate surface area is 205 Å². The largest absolute Gasteiger partial charge is 0.322 e. The van der Waals surface area contributed by atoms with Gasteiger partial charge in [0.15, 0.2) is 0 Å². The molecule has 2 heterocycles. The predicted molar refractivity (Wildman–Crippen MR) is 127 cm³/mol. The molecule has 4 aliphatic rings. The van der Waals surface area contributed by atoms with Gasteiger partial charge in [0.1, 0.15) is 6.04 Å². The van der Waals surface area contributed by atoms with Crippen LogP contribution in [0, 0.1) is 5.92 Å². The van der Waals surface area contributed by atoms with Crippen LogP contribution in [-0.4, -0.2) is 58.6 Å². The lowest BCUT2D eigenvalue weighted by atomic mass is 9.78. The maximum atomic E-state index is 13.7. The number of imide groups is 1. The molecule has 8 heteroatoms. The molecule has 0 aromatic heterocycles. The highest BCUT2D eigenvalue weighted by atomic mass is 19.3. The molecule has 2 saturated carbocycles. The van der Waals surface area contributed by atoms with Crippen LogP contribution in [0.25, 0.3) is 0 Å². The van der Waals surface area contributed by atoms with Crippen molar-refractivity contribution in [3.05, 3.63) is 34.9 Å². The standard InChI is InChI=1S/C27H35F2N3O3/c1-31(20-10-12-27(28,29)13-11-20)22-5-3-2-4-18(22)14-17-6-7-21-19(15-17)16-32(26(21)35)23-8-9-24(33)30-25(23)34/h6-7,15,18,20,22-23H,2-5,8-14,16H2,1H3,(H,30,33,34)/t18-,22+,23?/m1/s1. The van der Waals surface area contributed by atoms with Crippen molar-refractivity contribution in [1.29, 1.82) is 0 Å². The van der Waals surface area contributed by atoms with E-state index >= 15 is 0 Å². The summed E-state index contributed by atoms with van der Waals surface area (Å²) in [6, 6.07) is 6.01. The summed E-state index contributed by atoms with van der Waals surface area (Å²) in [6.45, 7) is 0.387. The second-order valence-electron chi connectivity index (χ2n) is 11.0. The Morgan fingerprint density at radius 2 is 1.80 bits per heavy atom. The maximum absolute atomic E-state index is 13.7. The van der Waals surface area contributed by atoms with E-state index in [1.807, 2.05) is 12.1 Å². The number of nitrogens with one attached hydrogen (secondary N) is 1. The Morgan fingerprint density at radius 1 is 1.06 bits per heavy atom. The summed E-state index contributed by atoms with van der Waals surface area (Å²) < 4.78 is 27.4. The van der Waals surface area contributed by atoms with E-state index in [0.717, 1.165) is 24.8 Å². The Hall–Kier alpha value is -2.35. The van der Waals surface area contributed by atoms with Crippen LogP contribution in [0.5, 0.6) is 0 Å². The van der Waals surface area contributed by atoms with E-state index < -0.39 is 17.9 Å². The van der Waals surface area contributed by atoms with Crippen LogP contribution < -0.4 is 5.32 Å². The number of hydrogen-bond acceptors (Lipinski definition) is 4. The molecule has 2 aliphatic heterocycles. The summed E-state index contributed by atoms with van der Waals surface area (Å²) in [5.74, 6) is -2.88. The molecule has 0 radical (unpaired) electrons. The van der Waals surface area contributed by atoms with Gasteiger partial charge in [-0.1, -0.05) is 25.0 Å². The Balaban J connectivity index is 1.26. The average molecular weight is 488 g/mol. The molecule has 1 aromatic carbocycles. The zero-order valence-corrected chi connectivity index (χ0v) is 20.4. The molecule has 0 bridgehead atoms. The van der Waals surface area contributed by atoms with E-state index in [-0.39, 0.29) is 37.1 Å². The highest BCUT2D eigenvalue weighted by molar-refractivity contribution is 6.05. The van der Waals surface area contributed by atoms with Crippen molar-refractivity contribution in [3.8, 4) is 0 Å². The van der Waals surface area contributed by atoms with Gasteiger partial charge in [-0.25, -0.2) is 8.78 Å². The lowest BCUT2D eigenvalue weighted by molar-refractivity contribution is -0.136. The SMILES string of the molecule is CN(C1CCC(F)(F)CC1)[C@H]1CCCC[C@@H]1Cc1ccc2c(c1)CN(C1CCC(=O)NC1=O)C2=O. The fraction of sp³-hybridized carbons (Fsp3) is 0.667. The number of carbonyl (C=O) groups excluding carboxylic acids is 3. The van der Waals surface area contributed by atoms with Gasteiger partial charge in [-0.3, -0.25) is 19.7 Å². The van der Waals surface area contributed by atoms with Gasteiger partial charge in [0.2, 0.25) is 17.7 Å². The summed E-state index contributed by atoms with van der Waals surface area (Å²) >= 11 is 0. The second kappa shape index (κ2) is 9.60. The van der Waals surface area contributed by atoms with Crippen molar-refractivity contribution in [2.24, 2.45) is 5.92 Å². The van der Waals surface area contributed by atoms with Gasteiger partial charge < -0.3 is 9.80 Å². The van der Waals surface area contributed by atoms with Crippen LogP contribution >= 0.6 is 0 Å². The van der Waals surface area contributed by atoms with Crippen molar-refractivity contribution in [3.63, 3.8) is 0 Å². The third-order valence-corrected chi connectivity index (χ3v) is 8.74. The topological polar surface area (TPSA) is 69.7 Å². The molecule has 1 saturated heterocycles. The smallest absolute Gasteiger partial charge is 0.255 e. The Kier molecular flexibility index (Phi) is 6.68. The zero-order chi connectivity index (χ0) is 24.7. The third-order valence-electron chi connectivity index (χ3n) is 8.74. The fourth-order valence-corrected chi connectivity index (χ4v) is 6.72. The highest BCUT2D eigenvalue weighted by Gasteiger charge is 2.41. The van der Waals surface area contributed by atoms with E-state index in [0.29, 0.717) is 43.3 Å². The lowest BCUT2D eigenvalue weighted by Gasteiger charge is -2.44. The minimum absolute atomic E-state index is 0.0120. The van der Waals surface area contributed by atoms with Crippen LogP contribution in [0.3, 0.4) is 0 Å². The molecule has 190 valence electrons. The number of nitrogens with zero attached hydrogens (tertiary/aromatic N) is 2. The second-order valence-corrected chi connectivity index (χ2v) is 11.0. The zero-order valence-electron chi connectivity index (χ0n) is 20.4. The number of fused-ring (bicyclic) bond motifs is 1. The number of alkyl halides is 2. The van der Waals surface area contributed by atoms with Crippen LogP contribution in [0.2, 0.25) is 0 Å². The molecule has 6 nitrogen and oxygen atoms in total. The number of rotatable bonds is 5. The number of benzene rings is 1. The number of hydrogen-bond donors (Lipinski definition) is 1. The molecule has 1 N–H and O–H groups in total. The minimum Gasteiger partial charge on any atom is -0.322 e. The number of carbonyl (C=O) groups is 3. The fourth-order valence-electron chi connectivity index (χ4n) is 6.72. The first-order chi connectivity index (χ1) is 16.7. The van der Waals surface area contributed by atoms with Crippen molar-refractivity contribution in [2.75, 3.05) is 7.05 Å². The van der Waals surface area contributed by atoms with Gasteiger partial charge in [-0.2, -0.15) is 0 Å². The van der Waals surface area contributed by atoms with E-state index in [2.05, 4.69) is 23.3 Å². The lowest BCUT2D eigenvalue weighted by Crippen LogP contribution is -2.52. The van der Waals surface area contributed by atoms with Crippen molar-refractivity contribution < 1.29 is 23.2 Å². The number of piperidine rings is 1. The molecule has 3 amide bonds. The van der Waals surface area contributed by atoms with E-state index in [4.69, 9.17) is 0 Å². The van der Waals surface area contributed by atoms with Crippen LogP contribution in [0.1, 0.15) is 85.7 Å². The third kappa shape index (κ3) is 4.99. The van der Waals surface area contributed by atoms with Crippen molar-refractivity contribution in [2.45, 2.75) is 101 Å². The van der Waals surface area contributed by atoms with Gasteiger partial charge in [0.05, 0.1) is 0 Å². The van der Waals surface area contributed by atoms with Crippen LogP contribution in [0.15, 0.2) is 18.2 Å². The monoisotopic (exact) mass is 487 g/mol. The quantitative estimate of drug-likeness (QED) is 0.636. The highest BCUT2D eigenvalue weighted by Crippen LogP contribution is 2.39. The molecule has 1 aromatic rings. The van der Waals surface area contributed by atoms with Crippen molar-refractivity contribution >= 4 is 17.7 Å². The molecular formula is C27H35F2N3O3. The Morgan fingerprint density at radius 3 is 2.54 bits per heavy atom. The van der Waals surface area contributed by atoms with E-state index in [1.165, 1.54) is 18.4 Å². The van der Waals surface area contributed by atoms with Gasteiger partial charge in [-0.05, 0) is 68.7 Å². The van der Waals surface area contributed by atoms with Gasteiger partial charge in [-0.15, -0.1) is 0 Å². The summed E-state index contributed by atoms with van der Waals surface area (Å²) in [5.41, 5.74) is 2.76. The normalized spacial score (nSPS) is 29.4. The molecule has 3 fully saturated rings. The van der Waals surface area contributed by atoms with Gasteiger partial charge in [0.25, 0.3) is 5.91 Å². The van der Waals surface area contributed by atoms with E-state index in [9.17, 15) is 23.2 Å². The minimum atomic E-state index is -2.51. The molecule has 5 rings (SSSR count). The summed E-state index contributed by atoms with van der Waals surface area (Å²) in [4.78, 5) is 40.8. The van der Waals surface area contributed by atoms with Gasteiger partial charge in [0, 0.05) is 43.5 Å². The first-order valence-corrected chi connectivity index (χ1v) is 13.1. The summed E-state index contributed by atoms with van der Waals surface area (Å²) in [7, 11) is 2.12. The maximum Gasteiger partial charge on any atom is 0.255 e. The van der Waals surface area contributed by atoms with Gasteiger partial charge >= 0.3 is 0 Å². The predicted octanol–water partition coefficient (Wildman–Crippen LogP) is 4.06. The average Bonchev–Trinajstić information content (AvgIpc) is 3.14. The molecule has 1 unspecified atom stereocenters. The first-order valence-electron chi connectivity index (χ1n) is 13.1. The Bertz CT molecular complexity index is 1000. The summed E-state index contributed by atoms with van der Waals surface area (Å²) in [5, 5.41) is 2.35. The summed E-state index contributed by atoms with van der Waals surface area (Å²) in [6.07, 6.45) is 7.18. The molecule has 0 spiro atoms. The molecule has 2 aliphatic carbocycles. The first kappa shape index (κ1) is 24.3. The number of halogens is 2. The number of amides is 3. The van der Waals surface area contributed by atoms with Crippen LogP contribution in [-0.2, 0) is 22.6 Å². The van der Waals surface area contributed by atoms with Crippen LogP contribution in [0.4, 0.5) is 8.78 Å². The molecular weight excluding hydrogens is 452 g/mol. The van der Waals surface area contributed by atoms with E-state index in [1.54, 1.807) is 4.90 Å².